The average Bonchev–Trinajstić information content (AvgIpc) is 2.77. The highest BCUT2D eigenvalue weighted by atomic mass is 127. The van der Waals surface area contributed by atoms with Crippen molar-refractivity contribution in [3.63, 3.8) is 0 Å². The molecule has 0 amide bonds. The number of benzene rings is 1. The smallest absolute Gasteiger partial charge is 0.0991 e. The van der Waals surface area contributed by atoms with Crippen molar-refractivity contribution in [2.75, 3.05) is 0 Å². The molecule has 2 rings (SSSR count). The SMILES string of the molecule is Cc1ccn(CCCc2cc(C#N)ccc2I)n1. The molecular formula is C14H14IN3. The predicted octanol–water partition coefficient (Wildman–Crippen LogP) is 3.30. The average molecular weight is 351 g/mol. The van der Waals surface area contributed by atoms with Gasteiger partial charge in [-0.15, -0.1) is 0 Å². The minimum absolute atomic E-state index is 0.736. The molecule has 0 atom stereocenters. The van der Waals surface area contributed by atoms with Crippen molar-refractivity contribution in [1.82, 2.24) is 9.78 Å². The third kappa shape index (κ3) is 3.33. The van der Waals surface area contributed by atoms with Crippen LogP contribution in [0.15, 0.2) is 30.5 Å². The maximum atomic E-state index is 8.89. The van der Waals surface area contributed by atoms with Gasteiger partial charge in [0.05, 0.1) is 17.3 Å². The molecule has 0 saturated heterocycles. The van der Waals surface area contributed by atoms with E-state index in [1.807, 2.05) is 42.1 Å². The Morgan fingerprint density at radius 1 is 1.39 bits per heavy atom. The van der Waals surface area contributed by atoms with Gasteiger partial charge >= 0.3 is 0 Å². The molecule has 0 saturated carbocycles. The fourth-order valence-corrected chi connectivity index (χ4v) is 2.46. The third-order valence-electron chi connectivity index (χ3n) is 2.78. The fourth-order valence-electron chi connectivity index (χ4n) is 1.86. The lowest BCUT2D eigenvalue weighted by atomic mass is 10.1. The van der Waals surface area contributed by atoms with E-state index in [9.17, 15) is 0 Å². The molecule has 3 nitrogen and oxygen atoms in total. The van der Waals surface area contributed by atoms with Crippen molar-refractivity contribution in [2.24, 2.45) is 0 Å². The Labute approximate surface area is 121 Å². The van der Waals surface area contributed by atoms with E-state index in [2.05, 4.69) is 33.8 Å². The Bertz CT molecular complexity index is 581. The zero-order valence-electron chi connectivity index (χ0n) is 10.2. The van der Waals surface area contributed by atoms with Crippen molar-refractivity contribution < 1.29 is 0 Å². The monoisotopic (exact) mass is 351 g/mol. The highest BCUT2D eigenvalue weighted by molar-refractivity contribution is 14.1. The number of hydrogen-bond acceptors (Lipinski definition) is 2. The molecule has 0 aliphatic rings. The quantitative estimate of drug-likeness (QED) is 0.794. The van der Waals surface area contributed by atoms with Gasteiger partial charge in [0.25, 0.3) is 0 Å². The number of nitriles is 1. The van der Waals surface area contributed by atoms with Gasteiger partial charge in [0.1, 0.15) is 0 Å². The molecule has 2 aromatic rings. The van der Waals surface area contributed by atoms with Crippen LogP contribution >= 0.6 is 22.6 Å². The first kappa shape index (κ1) is 13.1. The minimum atomic E-state index is 0.736. The maximum absolute atomic E-state index is 8.89. The van der Waals surface area contributed by atoms with E-state index in [1.165, 1.54) is 9.13 Å². The summed E-state index contributed by atoms with van der Waals surface area (Å²) in [5, 5.41) is 13.3. The van der Waals surface area contributed by atoms with Crippen LogP contribution in [0.5, 0.6) is 0 Å². The molecule has 1 aromatic carbocycles. The van der Waals surface area contributed by atoms with Crippen molar-refractivity contribution in [1.29, 1.82) is 5.26 Å². The molecule has 0 aliphatic carbocycles. The number of hydrogen-bond donors (Lipinski definition) is 0. The van der Waals surface area contributed by atoms with Gasteiger partial charge in [-0.05, 0) is 72.2 Å². The molecule has 0 N–H and O–H groups in total. The lowest BCUT2D eigenvalue weighted by Crippen LogP contribution is -2.01. The topological polar surface area (TPSA) is 41.6 Å². The first-order valence-electron chi connectivity index (χ1n) is 5.87. The van der Waals surface area contributed by atoms with Crippen LogP contribution in [0.25, 0.3) is 0 Å². The summed E-state index contributed by atoms with van der Waals surface area (Å²) in [7, 11) is 0. The molecular weight excluding hydrogens is 337 g/mol. The van der Waals surface area contributed by atoms with Gasteiger partial charge in [0.15, 0.2) is 0 Å². The van der Waals surface area contributed by atoms with Gasteiger partial charge in [-0.1, -0.05) is 0 Å². The first-order chi connectivity index (χ1) is 8.69. The van der Waals surface area contributed by atoms with Crippen LogP contribution in [0.1, 0.15) is 23.2 Å². The fraction of sp³-hybridized carbons (Fsp3) is 0.286. The summed E-state index contributed by atoms with van der Waals surface area (Å²) in [6.07, 6.45) is 4.02. The van der Waals surface area contributed by atoms with E-state index in [1.54, 1.807) is 0 Å². The van der Waals surface area contributed by atoms with Gasteiger partial charge in [-0.2, -0.15) is 10.4 Å². The van der Waals surface area contributed by atoms with Gasteiger partial charge in [-0.3, -0.25) is 4.68 Å². The number of nitrogens with zero attached hydrogens (tertiary/aromatic N) is 3. The van der Waals surface area contributed by atoms with E-state index >= 15 is 0 Å². The van der Waals surface area contributed by atoms with E-state index in [4.69, 9.17) is 5.26 Å². The summed E-state index contributed by atoms with van der Waals surface area (Å²) in [5.41, 5.74) is 3.04. The molecule has 0 spiro atoms. The summed E-state index contributed by atoms with van der Waals surface area (Å²) < 4.78 is 3.19. The second-order valence-corrected chi connectivity index (χ2v) is 5.40. The Kier molecular flexibility index (Phi) is 4.37. The van der Waals surface area contributed by atoms with E-state index in [0.29, 0.717) is 0 Å². The van der Waals surface area contributed by atoms with Crippen LogP contribution in [-0.4, -0.2) is 9.78 Å². The van der Waals surface area contributed by atoms with Crippen LogP contribution in [0, 0.1) is 21.8 Å². The zero-order chi connectivity index (χ0) is 13.0. The first-order valence-corrected chi connectivity index (χ1v) is 6.95. The maximum Gasteiger partial charge on any atom is 0.0991 e. The second kappa shape index (κ2) is 6.01. The Balaban J connectivity index is 1.96. The molecule has 1 heterocycles. The van der Waals surface area contributed by atoms with Gasteiger partial charge < -0.3 is 0 Å². The summed E-state index contributed by atoms with van der Waals surface area (Å²) in [6, 6.07) is 10.1. The lowest BCUT2D eigenvalue weighted by Gasteiger charge is -2.05. The largest absolute Gasteiger partial charge is 0.272 e. The normalized spacial score (nSPS) is 10.3. The number of halogens is 1. The van der Waals surface area contributed by atoms with Crippen molar-refractivity contribution in [3.8, 4) is 6.07 Å². The predicted molar refractivity (Wildman–Crippen MR) is 79.2 cm³/mol. The Hall–Kier alpha value is -1.35. The van der Waals surface area contributed by atoms with Crippen LogP contribution < -0.4 is 0 Å². The van der Waals surface area contributed by atoms with E-state index in [0.717, 1.165) is 30.6 Å². The molecule has 4 heteroatoms. The molecule has 1 aromatic heterocycles. The van der Waals surface area contributed by atoms with Crippen molar-refractivity contribution in [3.05, 3.63) is 50.9 Å². The number of aromatic nitrogens is 2. The molecule has 92 valence electrons. The second-order valence-electron chi connectivity index (χ2n) is 4.24. The third-order valence-corrected chi connectivity index (χ3v) is 3.83. The molecule has 0 fully saturated rings. The summed E-state index contributed by atoms with van der Waals surface area (Å²) in [5.74, 6) is 0. The molecule has 0 unspecified atom stereocenters. The summed E-state index contributed by atoms with van der Waals surface area (Å²) in [6.45, 7) is 2.91. The van der Waals surface area contributed by atoms with Gasteiger partial charge in [0.2, 0.25) is 0 Å². The van der Waals surface area contributed by atoms with Crippen molar-refractivity contribution >= 4 is 22.6 Å². The number of rotatable bonds is 4. The van der Waals surface area contributed by atoms with Gasteiger partial charge in [-0.25, -0.2) is 0 Å². The lowest BCUT2D eigenvalue weighted by molar-refractivity contribution is 0.574. The van der Waals surface area contributed by atoms with Crippen LogP contribution in [0.3, 0.4) is 0 Å². The van der Waals surface area contributed by atoms with Gasteiger partial charge in [0, 0.05) is 16.3 Å². The molecule has 0 aliphatic heterocycles. The minimum Gasteiger partial charge on any atom is -0.272 e. The van der Waals surface area contributed by atoms with E-state index < -0.39 is 0 Å². The molecule has 18 heavy (non-hydrogen) atoms. The standard InChI is InChI=1S/C14H14IN3/c1-11-6-8-18(17-11)7-2-3-13-9-12(10-16)4-5-14(13)15/h4-6,8-9H,2-3,7H2,1H3. The van der Waals surface area contributed by atoms with Crippen LogP contribution in [-0.2, 0) is 13.0 Å². The highest BCUT2D eigenvalue weighted by Gasteiger charge is 2.02. The Morgan fingerprint density at radius 2 is 2.22 bits per heavy atom. The van der Waals surface area contributed by atoms with Crippen molar-refractivity contribution in [2.45, 2.75) is 26.3 Å². The highest BCUT2D eigenvalue weighted by Crippen LogP contribution is 2.16. The Morgan fingerprint density at radius 3 is 2.89 bits per heavy atom. The van der Waals surface area contributed by atoms with Crippen LogP contribution in [0.2, 0.25) is 0 Å². The summed E-state index contributed by atoms with van der Waals surface area (Å²) in [4.78, 5) is 0. The van der Waals surface area contributed by atoms with E-state index in [-0.39, 0.29) is 0 Å². The zero-order valence-corrected chi connectivity index (χ0v) is 12.4. The van der Waals surface area contributed by atoms with Crippen LogP contribution in [0.4, 0.5) is 0 Å². The molecule has 0 radical (unpaired) electrons. The molecule has 0 bridgehead atoms. The number of aryl methyl sites for hydroxylation is 3. The summed E-state index contributed by atoms with van der Waals surface area (Å²) >= 11 is 2.32.